The van der Waals surface area contributed by atoms with Crippen LogP contribution in [-0.4, -0.2) is 8.42 Å². The number of hydrogen-bond acceptors (Lipinski definition) is 2. The molecule has 0 aliphatic heterocycles. The maximum Gasteiger partial charge on any atom is 0.264 e. The Labute approximate surface area is 130 Å². The molecule has 0 atom stereocenters. The number of hydrogen-bond donors (Lipinski definition) is 1. The minimum atomic E-state index is -4.00. The molecule has 0 saturated heterocycles. The lowest BCUT2D eigenvalue weighted by Gasteiger charge is -2.11. The van der Waals surface area contributed by atoms with Crippen molar-refractivity contribution < 1.29 is 12.8 Å². The van der Waals surface area contributed by atoms with Crippen molar-refractivity contribution in [3.8, 4) is 0 Å². The summed E-state index contributed by atoms with van der Waals surface area (Å²) in [6.07, 6.45) is 0. The van der Waals surface area contributed by atoms with Crippen LogP contribution in [-0.2, 0) is 10.0 Å². The molecule has 20 heavy (non-hydrogen) atoms. The summed E-state index contributed by atoms with van der Waals surface area (Å²) >= 11 is 8.91. The molecule has 3 nitrogen and oxygen atoms in total. The second-order valence-corrected chi connectivity index (χ2v) is 7.14. The van der Waals surface area contributed by atoms with Crippen molar-refractivity contribution in [1.29, 1.82) is 0 Å². The van der Waals surface area contributed by atoms with E-state index in [0.29, 0.717) is 20.7 Å². The van der Waals surface area contributed by atoms with Crippen molar-refractivity contribution in [3.63, 3.8) is 0 Å². The normalized spacial score (nSPS) is 11.4. The largest absolute Gasteiger partial charge is 0.279 e. The standard InChI is InChI=1S/C13H10BrClFNO2S/c1-8-2-4-10(15)7-12(8)17-20(18,19)13-5-3-9(14)6-11(13)16/h2-7,17H,1H3. The van der Waals surface area contributed by atoms with E-state index < -0.39 is 20.7 Å². The first kappa shape index (κ1) is 15.3. The van der Waals surface area contributed by atoms with Gasteiger partial charge in [-0.3, -0.25) is 4.72 Å². The van der Waals surface area contributed by atoms with E-state index in [0.717, 1.165) is 6.07 Å². The SMILES string of the molecule is Cc1ccc(Cl)cc1NS(=O)(=O)c1ccc(Br)cc1F. The van der Waals surface area contributed by atoms with Gasteiger partial charge in [0.1, 0.15) is 10.7 Å². The highest BCUT2D eigenvalue weighted by atomic mass is 79.9. The monoisotopic (exact) mass is 377 g/mol. The van der Waals surface area contributed by atoms with Gasteiger partial charge in [0.25, 0.3) is 10.0 Å². The number of nitrogens with one attached hydrogen (secondary N) is 1. The van der Waals surface area contributed by atoms with Gasteiger partial charge in [0.05, 0.1) is 5.69 Å². The lowest BCUT2D eigenvalue weighted by atomic mass is 10.2. The average Bonchev–Trinajstić information content (AvgIpc) is 2.33. The zero-order valence-electron chi connectivity index (χ0n) is 10.3. The van der Waals surface area contributed by atoms with Crippen LogP contribution in [0.25, 0.3) is 0 Å². The molecule has 106 valence electrons. The molecule has 0 bridgehead atoms. The van der Waals surface area contributed by atoms with E-state index >= 15 is 0 Å². The van der Waals surface area contributed by atoms with Crippen LogP contribution in [0.2, 0.25) is 5.02 Å². The third-order valence-electron chi connectivity index (χ3n) is 2.63. The van der Waals surface area contributed by atoms with Gasteiger partial charge in [-0.2, -0.15) is 0 Å². The van der Waals surface area contributed by atoms with Gasteiger partial charge in [0.15, 0.2) is 0 Å². The van der Waals surface area contributed by atoms with Crippen LogP contribution in [0, 0.1) is 12.7 Å². The number of benzene rings is 2. The molecule has 2 aromatic rings. The van der Waals surface area contributed by atoms with Crippen LogP contribution in [0.4, 0.5) is 10.1 Å². The number of halogens is 3. The predicted octanol–water partition coefficient (Wildman–Crippen LogP) is 4.35. The lowest BCUT2D eigenvalue weighted by Crippen LogP contribution is -2.15. The van der Waals surface area contributed by atoms with Crippen molar-refractivity contribution >= 4 is 43.2 Å². The Kier molecular flexibility index (Phi) is 4.36. The van der Waals surface area contributed by atoms with Crippen molar-refractivity contribution in [3.05, 3.63) is 57.3 Å². The quantitative estimate of drug-likeness (QED) is 0.863. The molecule has 0 unspecified atom stereocenters. The van der Waals surface area contributed by atoms with Crippen LogP contribution in [0.15, 0.2) is 45.8 Å². The third kappa shape index (κ3) is 3.31. The van der Waals surface area contributed by atoms with Gasteiger partial charge in [0, 0.05) is 9.50 Å². The first-order chi connectivity index (χ1) is 9.29. The Balaban J connectivity index is 2.43. The Morgan fingerprint density at radius 1 is 1.20 bits per heavy atom. The molecule has 0 saturated carbocycles. The average molecular weight is 379 g/mol. The van der Waals surface area contributed by atoms with Gasteiger partial charge >= 0.3 is 0 Å². The molecule has 0 aliphatic rings. The molecule has 2 rings (SSSR count). The number of sulfonamides is 1. The summed E-state index contributed by atoms with van der Waals surface area (Å²) in [5.74, 6) is -0.827. The molecule has 0 spiro atoms. The molecule has 2 aromatic carbocycles. The zero-order chi connectivity index (χ0) is 14.9. The highest BCUT2D eigenvalue weighted by Crippen LogP contribution is 2.25. The minimum absolute atomic E-state index is 0.319. The van der Waals surface area contributed by atoms with E-state index in [1.807, 2.05) is 0 Å². The molecule has 7 heteroatoms. The summed E-state index contributed by atoms with van der Waals surface area (Å²) in [5, 5.41) is 0.393. The maximum atomic E-state index is 13.8. The molecule has 0 radical (unpaired) electrons. The molecule has 0 aliphatic carbocycles. The summed E-state index contributed by atoms with van der Waals surface area (Å²) in [7, 11) is -4.00. The summed E-state index contributed by atoms with van der Waals surface area (Å²) < 4.78 is 40.9. The molecular weight excluding hydrogens is 369 g/mol. The molecule has 0 fully saturated rings. The Morgan fingerprint density at radius 2 is 1.90 bits per heavy atom. The third-order valence-corrected chi connectivity index (χ3v) is 4.75. The number of rotatable bonds is 3. The van der Waals surface area contributed by atoms with E-state index in [9.17, 15) is 12.8 Å². The van der Waals surface area contributed by atoms with Gasteiger partial charge in [-0.05, 0) is 42.8 Å². The Hall–Kier alpha value is -1.11. The molecule has 1 N–H and O–H groups in total. The second-order valence-electron chi connectivity index (χ2n) is 4.14. The minimum Gasteiger partial charge on any atom is -0.279 e. The summed E-state index contributed by atoms with van der Waals surface area (Å²) in [4.78, 5) is -0.417. The topological polar surface area (TPSA) is 46.2 Å². The van der Waals surface area contributed by atoms with Gasteiger partial charge < -0.3 is 0 Å². The van der Waals surface area contributed by atoms with Gasteiger partial charge in [0.2, 0.25) is 0 Å². The molecule has 0 heterocycles. The Bertz CT molecular complexity index is 765. The smallest absolute Gasteiger partial charge is 0.264 e. The second kappa shape index (κ2) is 5.71. The first-order valence-corrected chi connectivity index (χ1v) is 8.19. The zero-order valence-corrected chi connectivity index (χ0v) is 13.5. The predicted molar refractivity (Wildman–Crippen MR) is 81.1 cm³/mol. The van der Waals surface area contributed by atoms with E-state index in [4.69, 9.17) is 11.6 Å². The van der Waals surface area contributed by atoms with Crippen molar-refractivity contribution in [2.24, 2.45) is 0 Å². The van der Waals surface area contributed by atoms with Crippen molar-refractivity contribution in [2.45, 2.75) is 11.8 Å². The summed E-state index contributed by atoms with van der Waals surface area (Å²) in [6, 6.07) is 8.56. The fraction of sp³-hybridized carbons (Fsp3) is 0.0769. The summed E-state index contributed by atoms with van der Waals surface area (Å²) in [6.45, 7) is 1.73. The fourth-order valence-electron chi connectivity index (χ4n) is 1.60. The van der Waals surface area contributed by atoms with E-state index in [-0.39, 0.29) is 0 Å². The van der Waals surface area contributed by atoms with Crippen LogP contribution >= 0.6 is 27.5 Å². The fourth-order valence-corrected chi connectivity index (χ4v) is 3.28. The van der Waals surface area contributed by atoms with Gasteiger partial charge in [-0.25, -0.2) is 12.8 Å². The highest BCUT2D eigenvalue weighted by Gasteiger charge is 2.20. The van der Waals surface area contributed by atoms with E-state index in [1.165, 1.54) is 18.2 Å². The van der Waals surface area contributed by atoms with E-state index in [1.54, 1.807) is 19.1 Å². The van der Waals surface area contributed by atoms with Gasteiger partial charge in [-0.1, -0.05) is 33.6 Å². The van der Waals surface area contributed by atoms with Crippen molar-refractivity contribution in [2.75, 3.05) is 4.72 Å². The van der Waals surface area contributed by atoms with E-state index in [2.05, 4.69) is 20.7 Å². The molecular formula is C13H10BrClFNO2S. The highest BCUT2D eigenvalue weighted by molar-refractivity contribution is 9.10. The van der Waals surface area contributed by atoms with Crippen LogP contribution in [0.5, 0.6) is 0 Å². The van der Waals surface area contributed by atoms with Crippen LogP contribution in [0.1, 0.15) is 5.56 Å². The summed E-state index contributed by atoms with van der Waals surface area (Å²) in [5.41, 5.74) is 1.01. The van der Waals surface area contributed by atoms with Gasteiger partial charge in [-0.15, -0.1) is 0 Å². The molecule has 0 aromatic heterocycles. The number of aryl methyl sites for hydroxylation is 1. The lowest BCUT2D eigenvalue weighted by molar-refractivity contribution is 0.570. The Morgan fingerprint density at radius 3 is 2.55 bits per heavy atom. The van der Waals surface area contributed by atoms with Crippen molar-refractivity contribution in [1.82, 2.24) is 0 Å². The first-order valence-electron chi connectivity index (χ1n) is 5.53. The van der Waals surface area contributed by atoms with Crippen LogP contribution < -0.4 is 4.72 Å². The maximum absolute atomic E-state index is 13.8. The number of anilines is 1. The van der Waals surface area contributed by atoms with Crippen LogP contribution in [0.3, 0.4) is 0 Å². The molecule has 0 amide bonds.